The van der Waals surface area contributed by atoms with E-state index in [9.17, 15) is 0 Å². The Morgan fingerprint density at radius 1 is 0.404 bits per heavy atom. The molecule has 10 rings (SSSR count). The van der Waals surface area contributed by atoms with Crippen LogP contribution in [-0.2, 0) is 25.7 Å². The second-order valence-electron chi connectivity index (χ2n) is 12.9. The number of aryl methyl sites for hydroxylation is 4. The van der Waals surface area contributed by atoms with E-state index >= 15 is 0 Å². The molecule has 4 aliphatic rings. The third-order valence-corrected chi connectivity index (χ3v) is 11.2. The monoisotopic (exact) mass is 622 g/mol. The largest absolute Gasteiger partial charge is 0.398 e. The SMILES string of the molecule is NC1=CC(=Nc2ccc(Sc3ccc(N=C4C=C(N)c5ccc6c7c(ccc4c57)CC6)cc3)cc2)c2ccc3c4c(ccc1c24)CC3. The van der Waals surface area contributed by atoms with Gasteiger partial charge in [-0.2, -0.15) is 0 Å². The minimum atomic E-state index is 0.783. The summed E-state index contributed by atoms with van der Waals surface area (Å²) < 4.78 is 0. The lowest BCUT2D eigenvalue weighted by Crippen LogP contribution is -2.11. The summed E-state index contributed by atoms with van der Waals surface area (Å²) in [5.74, 6) is 0. The van der Waals surface area contributed by atoms with Gasteiger partial charge in [-0.25, -0.2) is 9.98 Å². The van der Waals surface area contributed by atoms with Crippen molar-refractivity contribution in [1.29, 1.82) is 0 Å². The zero-order valence-corrected chi connectivity index (χ0v) is 26.5. The van der Waals surface area contributed by atoms with E-state index in [0.717, 1.165) is 80.8 Å². The van der Waals surface area contributed by atoms with Crippen LogP contribution in [-0.4, -0.2) is 11.4 Å². The number of hydrogen-bond acceptors (Lipinski definition) is 5. The van der Waals surface area contributed by atoms with Crippen molar-refractivity contribution in [2.24, 2.45) is 21.5 Å². The highest BCUT2D eigenvalue weighted by Gasteiger charge is 2.25. The summed E-state index contributed by atoms with van der Waals surface area (Å²) >= 11 is 1.73. The smallest absolute Gasteiger partial charge is 0.0736 e. The Kier molecular flexibility index (Phi) is 5.73. The highest BCUT2D eigenvalue weighted by Crippen LogP contribution is 2.41. The molecule has 5 heteroatoms. The molecule has 0 fully saturated rings. The molecular formula is C42H30N4S. The first kappa shape index (κ1) is 26.8. The van der Waals surface area contributed by atoms with Crippen molar-refractivity contribution in [3.63, 3.8) is 0 Å². The van der Waals surface area contributed by atoms with Crippen LogP contribution in [0.2, 0.25) is 0 Å². The van der Waals surface area contributed by atoms with Crippen LogP contribution in [0, 0.1) is 0 Å². The maximum Gasteiger partial charge on any atom is 0.0736 e. The average molecular weight is 623 g/mol. The van der Waals surface area contributed by atoms with E-state index < -0.39 is 0 Å². The third-order valence-electron chi connectivity index (χ3n) is 10.2. The Balaban J connectivity index is 0.906. The average Bonchev–Trinajstić information content (AvgIpc) is 3.72. The fraction of sp³-hybridized carbons (Fsp3) is 0.0952. The van der Waals surface area contributed by atoms with Gasteiger partial charge in [0.15, 0.2) is 0 Å². The maximum absolute atomic E-state index is 6.56. The Bertz CT molecular complexity index is 2290. The number of benzene rings is 6. The molecule has 0 amide bonds. The van der Waals surface area contributed by atoms with Gasteiger partial charge in [0.25, 0.3) is 0 Å². The van der Waals surface area contributed by atoms with Crippen molar-refractivity contribution in [1.82, 2.24) is 0 Å². The molecule has 0 saturated heterocycles. The van der Waals surface area contributed by atoms with E-state index in [1.807, 2.05) is 12.2 Å². The van der Waals surface area contributed by atoms with Gasteiger partial charge < -0.3 is 11.5 Å². The molecule has 0 heterocycles. The second kappa shape index (κ2) is 10.1. The third kappa shape index (κ3) is 4.16. The number of aliphatic imine (C=N–C) groups is 2. The van der Waals surface area contributed by atoms with Gasteiger partial charge in [0, 0.05) is 54.2 Å². The topological polar surface area (TPSA) is 76.8 Å². The van der Waals surface area contributed by atoms with Crippen molar-refractivity contribution in [3.8, 4) is 0 Å². The van der Waals surface area contributed by atoms with Gasteiger partial charge in [-0.3, -0.25) is 0 Å². The fourth-order valence-corrected chi connectivity index (χ4v) is 8.76. The van der Waals surface area contributed by atoms with E-state index in [-0.39, 0.29) is 0 Å². The lowest BCUT2D eigenvalue weighted by molar-refractivity contribution is 1.02. The molecular weight excluding hydrogens is 593 g/mol. The molecule has 4 nitrogen and oxygen atoms in total. The summed E-state index contributed by atoms with van der Waals surface area (Å²) in [5.41, 5.74) is 28.6. The lowest BCUT2D eigenvalue weighted by Gasteiger charge is -2.19. The normalized spacial score (nSPS) is 17.2. The molecule has 0 aliphatic heterocycles. The van der Waals surface area contributed by atoms with Gasteiger partial charge in [-0.1, -0.05) is 60.3 Å². The predicted molar refractivity (Wildman–Crippen MR) is 196 cm³/mol. The van der Waals surface area contributed by atoms with Crippen LogP contribution in [0.4, 0.5) is 11.4 Å². The van der Waals surface area contributed by atoms with Crippen molar-refractivity contribution < 1.29 is 0 Å². The summed E-state index contributed by atoms with van der Waals surface area (Å²) in [6, 6.07) is 34.7. The van der Waals surface area contributed by atoms with Crippen LogP contribution in [0.1, 0.15) is 44.5 Å². The Labute approximate surface area is 277 Å². The molecule has 0 bridgehead atoms. The van der Waals surface area contributed by atoms with Gasteiger partial charge >= 0.3 is 0 Å². The summed E-state index contributed by atoms with van der Waals surface area (Å²) in [5, 5.41) is 5.27. The van der Waals surface area contributed by atoms with E-state index in [1.165, 1.54) is 54.9 Å². The van der Waals surface area contributed by atoms with Gasteiger partial charge in [-0.05, 0) is 119 Å². The zero-order chi connectivity index (χ0) is 31.2. The standard InChI is InChI=1S/C42H30N4S/c43-35-21-37(33-19-7-25-3-1-23-5-17-31(35)41(33)39(23)25)45-27-9-13-29(14-10-27)47-30-15-11-28(12-16-30)46-38-22-36(44)32-18-6-24-2-4-26-8-20-34(38)42(32)40(24)26/h5-22H,1-4,43-44H2. The fourth-order valence-electron chi connectivity index (χ4n) is 7.95. The lowest BCUT2D eigenvalue weighted by atomic mass is 9.88. The number of nitrogens with zero attached hydrogens (tertiary/aromatic N) is 2. The first-order valence-electron chi connectivity index (χ1n) is 16.2. The number of hydrogen-bond donors (Lipinski definition) is 2. The molecule has 0 radical (unpaired) electrons. The molecule has 47 heavy (non-hydrogen) atoms. The minimum absolute atomic E-state index is 0.783. The second-order valence-corrected chi connectivity index (χ2v) is 14.0. The quantitative estimate of drug-likeness (QED) is 0.206. The zero-order valence-electron chi connectivity index (χ0n) is 25.7. The Morgan fingerprint density at radius 3 is 1.15 bits per heavy atom. The molecule has 0 aromatic heterocycles. The van der Waals surface area contributed by atoms with Gasteiger partial charge in [0.1, 0.15) is 0 Å². The summed E-state index contributed by atoms with van der Waals surface area (Å²) in [7, 11) is 0. The molecule has 6 aromatic rings. The highest BCUT2D eigenvalue weighted by molar-refractivity contribution is 7.99. The molecule has 0 unspecified atom stereocenters. The Hall–Kier alpha value is -5.39. The minimum Gasteiger partial charge on any atom is -0.398 e. The molecule has 0 saturated carbocycles. The molecule has 4 N–H and O–H groups in total. The molecule has 0 spiro atoms. The predicted octanol–water partition coefficient (Wildman–Crippen LogP) is 9.21. The summed E-state index contributed by atoms with van der Waals surface area (Å²) in [6.45, 7) is 0. The van der Waals surface area contributed by atoms with E-state index in [4.69, 9.17) is 21.5 Å². The van der Waals surface area contributed by atoms with Gasteiger partial charge in [-0.15, -0.1) is 0 Å². The van der Waals surface area contributed by atoms with Crippen molar-refractivity contribution in [3.05, 3.63) is 154 Å². The summed E-state index contributed by atoms with van der Waals surface area (Å²) in [4.78, 5) is 12.4. The first-order chi connectivity index (χ1) is 23.1. The number of rotatable bonds is 4. The van der Waals surface area contributed by atoms with Crippen LogP contribution < -0.4 is 11.5 Å². The van der Waals surface area contributed by atoms with Crippen LogP contribution in [0.5, 0.6) is 0 Å². The maximum atomic E-state index is 6.56. The van der Waals surface area contributed by atoms with Crippen LogP contribution in [0.25, 0.3) is 32.9 Å². The molecule has 4 aliphatic carbocycles. The van der Waals surface area contributed by atoms with Crippen LogP contribution in [0.15, 0.2) is 129 Å². The van der Waals surface area contributed by atoms with Crippen LogP contribution in [0.3, 0.4) is 0 Å². The number of allylic oxidation sites excluding steroid dienone is 2. The van der Waals surface area contributed by atoms with Gasteiger partial charge in [0.05, 0.1) is 22.8 Å². The first-order valence-corrected chi connectivity index (χ1v) is 17.1. The van der Waals surface area contributed by atoms with Crippen molar-refractivity contribution in [2.45, 2.75) is 35.5 Å². The number of nitrogens with two attached hydrogens (primary N) is 2. The van der Waals surface area contributed by atoms with E-state index in [1.54, 1.807) is 11.8 Å². The molecule has 0 atom stereocenters. The van der Waals surface area contributed by atoms with E-state index in [2.05, 4.69) is 97.1 Å². The Morgan fingerprint density at radius 2 is 0.766 bits per heavy atom. The van der Waals surface area contributed by atoms with Crippen LogP contribution >= 0.6 is 11.8 Å². The van der Waals surface area contributed by atoms with Crippen molar-refractivity contribution >= 4 is 67.5 Å². The van der Waals surface area contributed by atoms with Crippen molar-refractivity contribution in [2.75, 3.05) is 0 Å². The van der Waals surface area contributed by atoms with Gasteiger partial charge in [0.2, 0.25) is 0 Å². The molecule has 224 valence electrons. The summed E-state index contributed by atoms with van der Waals surface area (Å²) in [6.07, 6.45) is 8.43. The highest BCUT2D eigenvalue weighted by atomic mass is 32.2. The molecule has 6 aromatic carbocycles. The van der Waals surface area contributed by atoms with E-state index in [0.29, 0.717) is 0 Å².